The summed E-state index contributed by atoms with van der Waals surface area (Å²) in [4.78, 5) is 26.4. The Morgan fingerprint density at radius 1 is 1.21 bits per heavy atom. The Bertz CT molecular complexity index is 1520. The minimum atomic E-state index is -3.62. The number of hydrogen-bond acceptors (Lipinski definition) is 8. The monoisotopic (exact) mass is 479 g/mol. The highest BCUT2D eigenvalue weighted by Crippen LogP contribution is 2.25. The molecular weight excluding hydrogens is 454 g/mol. The molecule has 0 radical (unpaired) electrons. The van der Waals surface area contributed by atoms with Crippen LogP contribution >= 0.6 is 0 Å². The van der Waals surface area contributed by atoms with Crippen molar-refractivity contribution in [2.45, 2.75) is 25.8 Å². The molecule has 10 nitrogen and oxygen atoms in total. The van der Waals surface area contributed by atoms with Crippen LogP contribution in [0.5, 0.6) is 0 Å². The molecule has 4 heterocycles. The maximum Gasteiger partial charge on any atom is 0.263 e. The van der Waals surface area contributed by atoms with E-state index in [2.05, 4.69) is 37.7 Å². The van der Waals surface area contributed by atoms with Crippen LogP contribution < -0.4 is 16.2 Å². The van der Waals surface area contributed by atoms with Crippen LogP contribution in [0.1, 0.15) is 24.8 Å². The van der Waals surface area contributed by atoms with Crippen LogP contribution in [0.25, 0.3) is 22.4 Å². The molecule has 34 heavy (non-hydrogen) atoms. The third-order valence-corrected chi connectivity index (χ3v) is 7.06. The molecule has 1 atom stereocenters. The van der Waals surface area contributed by atoms with Crippen LogP contribution in [0.2, 0.25) is 0 Å². The highest BCUT2D eigenvalue weighted by Gasteiger charge is 2.20. The normalized spacial score (nSPS) is 16.2. The summed E-state index contributed by atoms with van der Waals surface area (Å²) in [5.41, 5.74) is 2.41. The number of hydrogen-bond donors (Lipinski definition) is 2. The Morgan fingerprint density at radius 3 is 2.68 bits per heavy atom. The Balaban J connectivity index is 1.51. The lowest BCUT2D eigenvalue weighted by atomic mass is 9.98. The van der Waals surface area contributed by atoms with Crippen molar-refractivity contribution in [1.29, 1.82) is 0 Å². The van der Waals surface area contributed by atoms with Crippen molar-refractivity contribution >= 4 is 32.7 Å². The van der Waals surface area contributed by atoms with Crippen molar-refractivity contribution in [1.82, 2.24) is 28.8 Å². The fraction of sp³-hybridized carbons (Fsp3) is 0.304. The third kappa shape index (κ3) is 4.08. The second kappa shape index (κ2) is 8.65. The summed E-state index contributed by atoms with van der Waals surface area (Å²) in [5.74, 6) is 0.976. The molecule has 1 aliphatic rings. The van der Waals surface area contributed by atoms with Gasteiger partial charge in [-0.05, 0) is 49.6 Å². The van der Waals surface area contributed by atoms with Crippen LogP contribution in [0.3, 0.4) is 0 Å². The molecular formula is C23H25N7O3S. The standard InChI is InChI=1S/C23H25N7O3S/c1-3-29-20-17(12-19(22(29)31)21-25-10-11-30(21)34(2,32)33)14-26-23(28-20)27-18-6-4-15(5-7-18)16-8-9-24-13-16/h4-7,10-12,14,16,24H,3,8-9,13H2,1-2H3,(H,26,27,28). The van der Waals surface area contributed by atoms with Gasteiger partial charge < -0.3 is 10.6 Å². The van der Waals surface area contributed by atoms with Gasteiger partial charge in [0.1, 0.15) is 5.65 Å². The number of aryl methyl sites for hydroxylation is 1. The van der Waals surface area contributed by atoms with Gasteiger partial charge in [-0.25, -0.2) is 22.4 Å². The smallest absolute Gasteiger partial charge is 0.263 e. The van der Waals surface area contributed by atoms with E-state index in [4.69, 9.17) is 0 Å². The van der Waals surface area contributed by atoms with E-state index in [1.54, 1.807) is 12.3 Å². The highest BCUT2D eigenvalue weighted by molar-refractivity contribution is 7.89. The van der Waals surface area contributed by atoms with Crippen LogP contribution in [-0.4, -0.2) is 51.3 Å². The Morgan fingerprint density at radius 2 is 2.00 bits per heavy atom. The lowest BCUT2D eigenvalue weighted by molar-refractivity contribution is 0.594. The van der Waals surface area contributed by atoms with E-state index in [0.29, 0.717) is 29.4 Å². The van der Waals surface area contributed by atoms with Gasteiger partial charge in [-0.15, -0.1) is 0 Å². The van der Waals surface area contributed by atoms with E-state index in [1.807, 2.05) is 19.1 Å². The lowest BCUT2D eigenvalue weighted by Crippen LogP contribution is -2.24. The van der Waals surface area contributed by atoms with E-state index in [9.17, 15) is 13.2 Å². The molecule has 0 amide bonds. The number of fused-ring (bicyclic) bond motifs is 1. The fourth-order valence-corrected chi connectivity index (χ4v) is 5.06. The van der Waals surface area contributed by atoms with Crippen molar-refractivity contribution in [3.05, 3.63) is 64.8 Å². The van der Waals surface area contributed by atoms with Crippen molar-refractivity contribution in [2.75, 3.05) is 24.7 Å². The van der Waals surface area contributed by atoms with Crippen molar-refractivity contribution in [2.24, 2.45) is 0 Å². The minimum absolute atomic E-state index is 0.0661. The highest BCUT2D eigenvalue weighted by atomic mass is 32.2. The van der Waals surface area contributed by atoms with Gasteiger partial charge in [0.05, 0.1) is 11.8 Å². The number of pyridine rings is 1. The largest absolute Gasteiger partial charge is 0.324 e. The molecule has 2 N–H and O–H groups in total. The van der Waals surface area contributed by atoms with E-state index in [-0.39, 0.29) is 16.9 Å². The molecule has 1 fully saturated rings. The van der Waals surface area contributed by atoms with E-state index >= 15 is 0 Å². The van der Waals surface area contributed by atoms with Crippen molar-refractivity contribution < 1.29 is 8.42 Å². The van der Waals surface area contributed by atoms with Gasteiger partial charge >= 0.3 is 0 Å². The SMILES string of the molecule is CCn1c(=O)c(-c2nccn2S(C)(=O)=O)cc2cnc(Nc3ccc(C4CCNC4)cc3)nc21. The Hall–Kier alpha value is -3.57. The lowest BCUT2D eigenvalue weighted by Gasteiger charge is -2.13. The molecule has 5 rings (SSSR count). The van der Waals surface area contributed by atoms with Gasteiger partial charge in [0.15, 0.2) is 5.82 Å². The van der Waals surface area contributed by atoms with Gasteiger partial charge in [0.25, 0.3) is 5.56 Å². The van der Waals surface area contributed by atoms with Gasteiger partial charge in [-0.2, -0.15) is 4.98 Å². The summed E-state index contributed by atoms with van der Waals surface area (Å²) in [7, 11) is -3.62. The first kappa shape index (κ1) is 22.2. The molecule has 1 aliphatic heterocycles. The molecule has 176 valence electrons. The van der Waals surface area contributed by atoms with Crippen LogP contribution in [0, 0.1) is 0 Å². The zero-order chi connectivity index (χ0) is 23.9. The Labute approximate surface area is 196 Å². The van der Waals surface area contributed by atoms with Crippen molar-refractivity contribution in [3.8, 4) is 11.4 Å². The van der Waals surface area contributed by atoms with Crippen LogP contribution in [-0.2, 0) is 16.6 Å². The molecule has 0 saturated carbocycles. The molecule has 1 unspecified atom stereocenters. The molecule has 0 bridgehead atoms. The fourth-order valence-electron chi connectivity index (χ4n) is 4.33. The van der Waals surface area contributed by atoms with Crippen LogP contribution in [0.4, 0.5) is 11.6 Å². The second-order valence-corrected chi connectivity index (χ2v) is 10.2. The van der Waals surface area contributed by atoms with E-state index < -0.39 is 10.0 Å². The predicted molar refractivity (Wildman–Crippen MR) is 131 cm³/mol. The quantitative estimate of drug-likeness (QED) is 0.432. The topological polar surface area (TPSA) is 124 Å². The molecule has 3 aromatic heterocycles. The van der Waals surface area contributed by atoms with Gasteiger partial charge in [-0.1, -0.05) is 12.1 Å². The Kier molecular flexibility index (Phi) is 5.66. The van der Waals surface area contributed by atoms with Gasteiger partial charge in [-0.3, -0.25) is 9.36 Å². The van der Waals surface area contributed by atoms with Gasteiger partial charge in [0, 0.05) is 42.8 Å². The zero-order valence-electron chi connectivity index (χ0n) is 18.9. The molecule has 1 saturated heterocycles. The predicted octanol–water partition coefficient (Wildman–Crippen LogP) is 2.30. The maximum atomic E-state index is 13.3. The number of rotatable bonds is 6. The maximum absolute atomic E-state index is 13.3. The molecule has 11 heteroatoms. The number of anilines is 2. The number of aromatic nitrogens is 5. The molecule has 4 aromatic rings. The number of benzene rings is 1. The summed E-state index contributed by atoms with van der Waals surface area (Å²) in [6.45, 7) is 4.23. The average Bonchev–Trinajstić information content (AvgIpc) is 3.52. The number of nitrogens with one attached hydrogen (secondary N) is 2. The zero-order valence-corrected chi connectivity index (χ0v) is 19.7. The van der Waals surface area contributed by atoms with Crippen molar-refractivity contribution in [3.63, 3.8) is 0 Å². The summed E-state index contributed by atoms with van der Waals surface area (Å²) in [5, 5.41) is 7.19. The number of imidazole rings is 1. The molecule has 0 spiro atoms. The van der Waals surface area contributed by atoms with Crippen LogP contribution in [0.15, 0.2) is 53.7 Å². The summed E-state index contributed by atoms with van der Waals surface area (Å²) < 4.78 is 26.7. The first-order valence-electron chi connectivity index (χ1n) is 11.1. The summed E-state index contributed by atoms with van der Waals surface area (Å²) >= 11 is 0. The average molecular weight is 480 g/mol. The minimum Gasteiger partial charge on any atom is -0.324 e. The molecule has 1 aromatic carbocycles. The first-order chi connectivity index (χ1) is 16.3. The third-order valence-electron chi connectivity index (χ3n) is 6.05. The van der Waals surface area contributed by atoms with Gasteiger partial charge in [0.2, 0.25) is 16.0 Å². The van der Waals surface area contributed by atoms with E-state index in [0.717, 1.165) is 35.4 Å². The molecule has 0 aliphatic carbocycles. The van der Waals surface area contributed by atoms with E-state index in [1.165, 1.54) is 22.5 Å². The summed E-state index contributed by atoms with van der Waals surface area (Å²) in [6.07, 6.45) is 6.50. The number of nitrogens with zero attached hydrogens (tertiary/aromatic N) is 5. The summed E-state index contributed by atoms with van der Waals surface area (Å²) in [6, 6.07) is 9.81. The second-order valence-electron chi connectivity index (χ2n) is 8.33. The first-order valence-corrected chi connectivity index (χ1v) is 12.9.